The Labute approximate surface area is 102 Å². The van der Waals surface area contributed by atoms with Crippen LogP contribution in [0.4, 0.5) is 4.79 Å². The first-order chi connectivity index (χ1) is 7.91. The van der Waals surface area contributed by atoms with E-state index < -0.39 is 5.60 Å². The molecule has 5 nitrogen and oxygen atoms in total. The van der Waals surface area contributed by atoms with Crippen LogP contribution in [0.15, 0.2) is 0 Å². The molecule has 0 saturated carbocycles. The summed E-state index contributed by atoms with van der Waals surface area (Å²) in [5, 5.41) is 6.14. The lowest BCUT2D eigenvalue weighted by atomic mass is 9.91. The maximum absolute atomic E-state index is 11.6. The molecule has 0 radical (unpaired) electrons. The molecule has 2 aliphatic rings. The number of carbonyl (C=O) groups excluding carboxylic acids is 1. The van der Waals surface area contributed by atoms with Gasteiger partial charge >= 0.3 is 6.09 Å². The maximum Gasteiger partial charge on any atom is 0.407 e. The molecule has 2 rings (SSSR count). The van der Waals surface area contributed by atoms with Crippen LogP contribution in [0, 0.1) is 5.92 Å². The highest BCUT2D eigenvalue weighted by Crippen LogP contribution is 2.34. The van der Waals surface area contributed by atoms with E-state index in [0.717, 1.165) is 26.1 Å². The summed E-state index contributed by atoms with van der Waals surface area (Å²) < 4.78 is 11.0. The zero-order chi connectivity index (χ0) is 12.5. The Morgan fingerprint density at radius 1 is 1.59 bits per heavy atom. The Morgan fingerprint density at radius 3 is 3.06 bits per heavy atom. The Kier molecular flexibility index (Phi) is 3.32. The minimum absolute atomic E-state index is 0.211. The first-order valence-electron chi connectivity index (χ1n) is 6.23. The van der Waals surface area contributed by atoms with Gasteiger partial charge < -0.3 is 20.1 Å². The van der Waals surface area contributed by atoms with Crippen molar-refractivity contribution in [3.63, 3.8) is 0 Å². The zero-order valence-electron chi connectivity index (χ0n) is 10.8. The van der Waals surface area contributed by atoms with Crippen LogP contribution in [0.2, 0.25) is 0 Å². The molecule has 5 heteroatoms. The normalized spacial score (nSPS) is 32.3. The molecule has 2 saturated heterocycles. The maximum atomic E-state index is 11.6. The van der Waals surface area contributed by atoms with Gasteiger partial charge in [0.2, 0.25) is 0 Å². The average molecular weight is 242 g/mol. The number of carbonyl (C=O) groups is 1. The van der Waals surface area contributed by atoms with E-state index in [4.69, 9.17) is 9.47 Å². The van der Waals surface area contributed by atoms with Crippen LogP contribution in [-0.4, -0.2) is 43.5 Å². The van der Waals surface area contributed by atoms with Gasteiger partial charge in [0.1, 0.15) is 11.2 Å². The second-order valence-electron chi connectivity index (χ2n) is 5.89. The van der Waals surface area contributed by atoms with Crippen LogP contribution in [0.25, 0.3) is 0 Å². The predicted molar refractivity (Wildman–Crippen MR) is 63.9 cm³/mol. The highest BCUT2D eigenvalue weighted by atomic mass is 16.6. The van der Waals surface area contributed by atoms with E-state index in [0.29, 0.717) is 12.5 Å². The molecule has 0 bridgehead atoms. The van der Waals surface area contributed by atoms with E-state index in [-0.39, 0.29) is 11.7 Å². The fourth-order valence-electron chi connectivity index (χ4n) is 2.52. The van der Waals surface area contributed by atoms with Gasteiger partial charge in [-0.1, -0.05) is 0 Å². The van der Waals surface area contributed by atoms with Crippen LogP contribution in [0.1, 0.15) is 27.2 Å². The molecule has 0 aliphatic carbocycles. The lowest BCUT2D eigenvalue weighted by molar-refractivity contribution is -0.00147. The van der Waals surface area contributed by atoms with Crippen molar-refractivity contribution in [2.75, 3.05) is 26.2 Å². The third-order valence-corrected chi connectivity index (χ3v) is 3.35. The van der Waals surface area contributed by atoms with Gasteiger partial charge in [-0.05, 0) is 27.2 Å². The monoisotopic (exact) mass is 242 g/mol. The quantitative estimate of drug-likeness (QED) is 0.755. The number of rotatable bonds is 2. The lowest BCUT2D eigenvalue weighted by Gasteiger charge is -2.28. The van der Waals surface area contributed by atoms with Gasteiger partial charge in [0.05, 0.1) is 6.54 Å². The van der Waals surface area contributed by atoms with Crippen molar-refractivity contribution in [1.82, 2.24) is 10.6 Å². The van der Waals surface area contributed by atoms with E-state index in [1.54, 1.807) is 0 Å². The van der Waals surface area contributed by atoms with Crippen molar-refractivity contribution in [2.24, 2.45) is 5.92 Å². The number of nitrogens with one attached hydrogen (secondary N) is 2. The number of ether oxygens (including phenoxy) is 2. The number of hydrogen-bond donors (Lipinski definition) is 2. The lowest BCUT2D eigenvalue weighted by Crippen LogP contribution is -2.48. The van der Waals surface area contributed by atoms with Crippen molar-refractivity contribution >= 4 is 6.09 Å². The molecule has 0 aromatic heterocycles. The second kappa shape index (κ2) is 4.46. The first-order valence-corrected chi connectivity index (χ1v) is 6.23. The van der Waals surface area contributed by atoms with Crippen LogP contribution in [0.3, 0.4) is 0 Å². The number of fused-ring (bicyclic) bond motifs is 1. The molecule has 2 aliphatic heterocycles. The van der Waals surface area contributed by atoms with E-state index in [2.05, 4.69) is 10.6 Å². The minimum Gasteiger partial charge on any atom is -0.444 e. The van der Waals surface area contributed by atoms with Gasteiger partial charge in [0.15, 0.2) is 0 Å². The molecular formula is C12H22N2O3. The summed E-state index contributed by atoms with van der Waals surface area (Å²) in [6.07, 6.45) is 0.705. The Hall–Kier alpha value is -0.810. The molecule has 2 fully saturated rings. The molecule has 17 heavy (non-hydrogen) atoms. The molecule has 0 aromatic carbocycles. The Balaban J connectivity index is 1.83. The fraction of sp³-hybridized carbons (Fsp3) is 0.917. The van der Waals surface area contributed by atoms with Crippen LogP contribution in [0.5, 0.6) is 0 Å². The standard InChI is InChI=1S/C12H22N2O3/c1-11(2,3)17-10(15)14-8-12-7-13-6-9(12)4-5-16-12/h9,13H,4-8H2,1-3H3,(H,14,15). The highest BCUT2D eigenvalue weighted by molar-refractivity contribution is 5.67. The summed E-state index contributed by atoms with van der Waals surface area (Å²) >= 11 is 0. The number of hydrogen-bond acceptors (Lipinski definition) is 4. The van der Waals surface area contributed by atoms with E-state index >= 15 is 0 Å². The average Bonchev–Trinajstić information content (AvgIpc) is 2.69. The summed E-state index contributed by atoms with van der Waals surface area (Å²) in [5.41, 5.74) is -0.664. The van der Waals surface area contributed by atoms with E-state index in [9.17, 15) is 4.79 Å². The second-order valence-corrected chi connectivity index (χ2v) is 5.89. The molecular weight excluding hydrogens is 220 g/mol. The molecule has 2 atom stereocenters. The van der Waals surface area contributed by atoms with Gasteiger partial charge in [-0.3, -0.25) is 0 Å². The third-order valence-electron chi connectivity index (χ3n) is 3.35. The smallest absolute Gasteiger partial charge is 0.407 e. The minimum atomic E-state index is -0.453. The number of alkyl carbamates (subject to hydrolysis) is 1. The van der Waals surface area contributed by atoms with Gasteiger partial charge in [-0.15, -0.1) is 0 Å². The van der Waals surface area contributed by atoms with Gasteiger partial charge in [0, 0.05) is 25.6 Å². The molecule has 0 aromatic rings. The Morgan fingerprint density at radius 2 is 2.35 bits per heavy atom. The van der Waals surface area contributed by atoms with Crippen molar-refractivity contribution in [1.29, 1.82) is 0 Å². The summed E-state index contributed by atoms with van der Waals surface area (Å²) in [7, 11) is 0. The number of amides is 1. The van der Waals surface area contributed by atoms with E-state index in [1.165, 1.54) is 0 Å². The molecule has 0 spiro atoms. The van der Waals surface area contributed by atoms with Gasteiger partial charge in [-0.2, -0.15) is 0 Å². The van der Waals surface area contributed by atoms with Crippen molar-refractivity contribution in [3.05, 3.63) is 0 Å². The van der Waals surface area contributed by atoms with Gasteiger partial charge in [0.25, 0.3) is 0 Å². The molecule has 2 unspecified atom stereocenters. The van der Waals surface area contributed by atoms with Crippen molar-refractivity contribution < 1.29 is 14.3 Å². The largest absolute Gasteiger partial charge is 0.444 e. The first kappa shape index (κ1) is 12.6. The predicted octanol–water partition coefficient (Wildman–Crippen LogP) is 0.890. The topological polar surface area (TPSA) is 59.6 Å². The van der Waals surface area contributed by atoms with Crippen molar-refractivity contribution in [2.45, 2.75) is 38.4 Å². The highest BCUT2D eigenvalue weighted by Gasteiger charge is 2.47. The zero-order valence-corrected chi connectivity index (χ0v) is 10.8. The van der Waals surface area contributed by atoms with E-state index in [1.807, 2.05) is 20.8 Å². The summed E-state index contributed by atoms with van der Waals surface area (Å²) in [6.45, 7) is 8.69. The van der Waals surface area contributed by atoms with Crippen molar-refractivity contribution in [3.8, 4) is 0 Å². The van der Waals surface area contributed by atoms with Crippen LogP contribution < -0.4 is 10.6 Å². The molecule has 2 heterocycles. The summed E-state index contributed by atoms with van der Waals surface area (Å²) in [5.74, 6) is 0.512. The van der Waals surface area contributed by atoms with Crippen LogP contribution >= 0.6 is 0 Å². The third kappa shape index (κ3) is 2.90. The molecule has 2 N–H and O–H groups in total. The molecule has 1 amide bonds. The summed E-state index contributed by atoms with van der Waals surface area (Å²) in [6, 6.07) is 0. The SMILES string of the molecule is CC(C)(C)OC(=O)NCC12CNCC1CCO2. The Bertz CT molecular complexity index is 289. The van der Waals surface area contributed by atoms with Gasteiger partial charge in [-0.25, -0.2) is 4.79 Å². The molecule has 98 valence electrons. The van der Waals surface area contributed by atoms with Crippen LogP contribution in [-0.2, 0) is 9.47 Å². The fourth-order valence-corrected chi connectivity index (χ4v) is 2.52. The summed E-state index contributed by atoms with van der Waals surface area (Å²) in [4.78, 5) is 11.6.